The third kappa shape index (κ3) is 5.16. The van der Waals surface area contributed by atoms with Crippen molar-refractivity contribution in [2.75, 3.05) is 6.54 Å². The van der Waals surface area contributed by atoms with Crippen LogP contribution in [0.1, 0.15) is 25.0 Å². The quantitative estimate of drug-likeness (QED) is 0.767. The number of benzene rings is 2. The second kappa shape index (κ2) is 7.75. The van der Waals surface area contributed by atoms with Gasteiger partial charge in [-0.25, -0.2) is 0 Å². The summed E-state index contributed by atoms with van der Waals surface area (Å²) in [6.07, 6.45) is 0. The Morgan fingerprint density at radius 3 is 1.67 bits per heavy atom. The lowest BCUT2D eigenvalue weighted by atomic mass is 10.1. The number of Topliss-reactive ketones (excluding diaryl/α,β-unsaturated/α-hetero) is 1. The Bertz CT molecular complexity index is 507. The average molecular weight is 281 g/mol. The molecule has 0 saturated heterocycles. The number of carbonyl (C=O) groups is 1. The van der Waals surface area contributed by atoms with E-state index in [0.717, 1.165) is 13.1 Å². The van der Waals surface area contributed by atoms with Crippen molar-refractivity contribution in [2.24, 2.45) is 5.92 Å². The Kier molecular flexibility index (Phi) is 5.70. The first kappa shape index (κ1) is 15.5. The summed E-state index contributed by atoms with van der Waals surface area (Å²) in [5.41, 5.74) is 2.48. The van der Waals surface area contributed by atoms with Crippen molar-refractivity contribution in [1.82, 2.24) is 4.90 Å². The summed E-state index contributed by atoms with van der Waals surface area (Å²) in [6.45, 7) is 6.03. The number of carbonyl (C=O) groups excluding carboxylic acids is 1. The van der Waals surface area contributed by atoms with Gasteiger partial charge in [-0.2, -0.15) is 0 Å². The normalized spacial score (nSPS) is 11.0. The number of ketones is 1. The van der Waals surface area contributed by atoms with E-state index in [4.69, 9.17) is 0 Å². The lowest BCUT2D eigenvalue weighted by Gasteiger charge is -2.22. The summed E-state index contributed by atoms with van der Waals surface area (Å²) in [5.74, 6) is 0.376. The topological polar surface area (TPSA) is 20.3 Å². The molecule has 0 saturated carbocycles. The first-order chi connectivity index (χ1) is 10.1. The molecule has 2 aromatic rings. The van der Waals surface area contributed by atoms with Crippen LogP contribution in [0.15, 0.2) is 60.7 Å². The molecular weight excluding hydrogens is 258 g/mol. The zero-order chi connectivity index (χ0) is 15.1. The minimum absolute atomic E-state index is 0.0825. The van der Waals surface area contributed by atoms with Gasteiger partial charge in [0.1, 0.15) is 5.78 Å². The second-order valence-electron chi connectivity index (χ2n) is 5.74. The molecule has 0 amide bonds. The fraction of sp³-hybridized carbons (Fsp3) is 0.316. The summed E-state index contributed by atoms with van der Waals surface area (Å²) in [7, 11) is 0. The highest BCUT2D eigenvalue weighted by Crippen LogP contribution is 2.11. The van der Waals surface area contributed by atoms with Gasteiger partial charge in [-0.3, -0.25) is 9.69 Å². The van der Waals surface area contributed by atoms with Crippen molar-refractivity contribution in [2.45, 2.75) is 26.9 Å². The molecule has 0 spiro atoms. The van der Waals surface area contributed by atoms with Gasteiger partial charge in [-0.05, 0) is 11.1 Å². The Morgan fingerprint density at radius 2 is 1.29 bits per heavy atom. The fourth-order valence-corrected chi connectivity index (χ4v) is 2.25. The van der Waals surface area contributed by atoms with Crippen LogP contribution >= 0.6 is 0 Å². The molecule has 0 atom stereocenters. The highest BCUT2D eigenvalue weighted by atomic mass is 16.1. The molecule has 0 heterocycles. The number of rotatable bonds is 7. The molecule has 2 nitrogen and oxygen atoms in total. The Balaban J connectivity index is 2.08. The van der Waals surface area contributed by atoms with E-state index in [9.17, 15) is 4.79 Å². The van der Waals surface area contributed by atoms with E-state index in [-0.39, 0.29) is 5.92 Å². The molecule has 0 aliphatic rings. The maximum Gasteiger partial charge on any atom is 0.149 e. The van der Waals surface area contributed by atoms with Crippen molar-refractivity contribution in [1.29, 1.82) is 0 Å². The lowest BCUT2D eigenvalue weighted by molar-refractivity contribution is -0.123. The van der Waals surface area contributed by atoms with E-state index < -0.39 is 0 Å². The molecule has 2 heteroatoms. The summed E-state index contributed by atoms with van der Waals surface area (Å²) in [6, 6.07) is 20.6. The molecular formula is C19H23NO. The van der Waals surface area contributed by atoms with Crippen molar-refractivity contribution >= 4 is 5.78 Å². The van der Waals surface area contributed by atoms with E-state index in [1.54, 1.807) is 0 Å². The third-order valence-corrected chi connectivity index (χ3v) is 3.52. The maximum atomic E-state index is 12.1. The summed E-state index contributed by atoms with van der Waals surface area (Å²) in [5, 5.41) is 0. The molecule has 0 unspecified atom stereocenters. The molecule has 0 bridgehead atoms. The summed E-state index contributed by atoms with van der Waals surface area (Å²) >= 11 is 0. The molecule has 21 heavy (non-hydrogen) atoms. The van der Waals surface area contributed by atoms with E-state index in [2.05, 4.69) is 29.2 Å². The van der Waals surface area contributed by atoms with Gasteiger partial charge in [0, 0.05) is 19.0 Å². The monoisotopic (exact) mass is 281 g/mol. The molecule has 2 aromatic carbocycles. The maximum absolute atomic E-state index is 12.1. The van der Waals surface area contributed by atoms with Crippen LogP contribution in [-0.2, 0) is 17.9 Å². The molecule has 0 N–H and O–H groups in total. The van der Waals surface area contributed by atoms with E-state index in [0.29, 0.717) is 12.3 Å². The van der Waals surface area contributed by atoms with Gasteiger partial charge in [0.2, 0.25) is 0 Å². The highest BCUT2D eigenvalue weighted by molar-refractivity contribution is 5.82. The van der Waals surface area contributed by atoms with Crippen LogP contribution in [0.25, 0.3) is 0 Å². The molecule has 0 aliphatic heterocycles. The Morgan fingerprint density at radius 1 is 0.857 bits per heavy atom. The van der Waals surface area contributed by atoms with E-state index in [1.165, 1.54) is 11.1 Å². The molecule has 2 rings (SSSR count). The average Bonchev–Trinajstić information content (AvgIpc) is 2.49. The van der Waals surface area contributed by atoms with Crippen LogP contribution in [-0.4, -0.2) is 17.2 Å². The largest absolute Gasteiger partial charge is 0.298 e. The number of hydrogen-bond acceptors (Lipinski definition) is 2. The van der Waals surface area contributed by atoms with Gasteiger partial charge in [0.25, 0.3) is 0 Å². The van der Waals surface area contributed by atoms with Gasteiger partial charge in [-0.15, -0.1) is 0 Å². The predicted molar refractivity (Wildman–Crippen MR) is 86.8 cm³/mol. The van der Waals surface area contributed by atoms with Crippen molar-refractivity contribution in [3.05, 3.63) is 71.8 Å². The van der Waals surface area contributed by atoms with Crippen molar-refractivity contribution < 1.29 is 4.79 Å². The Hall–Kier alpha value is -1.93. The van der Waals surface area contributed by atoms with Crippen LogP contribution in [0.2, 0.25) is 0 Å². The van der Waals surface area contributed by atoms with Gasteiger partial charge >= 0.3 is 0 Å². The predicted octanol–water partition coefficient (Wildman–Crippen LogP) is 3.91. The summed E-state index contributed by atoms with van der Waals surface area (Å²) in [4.78, 5) is 14.3. The van der Waals surface area contributed by atoms with Crippen molar-refractivity contribution in [3.63, 3.8) is 0 Å². The number of hydrogen-bond donors (Lipinski definition) is 0. The molecule has 0 aliphatic carbocycles. The first-order valence-corrected chi connectivity index (χ1v) is 7.48. The van der Waals surface area contributed by atoms with Gasteiger partial charge in [-0.1, -0.05) is 74.5 Å². The minimum Gasteiger partial charge on any atom is -0.298 e. The zero-order valence-electron chi connectivity index (χ0n) is 12.8. The van der Waals surface area contributed by atoms with Crippen LogP contribution in [0.5, 0.6) is 0 Å². The molecule has 0 radical (unpaired) electrons. The number of nitrogens with zero attached hydrogens (tertiary/aromatic N) is 1. The highest BCUT2D eigenvalue weighted by Gasteiger charge is 2.14. The summed E-state index contributed by atoms with van der Waals surface area (Å²) < 4.78 is 0. The SMILES string of the molecule is CC(C)C(=O)CN(Cc1ccccc1)Cc1ccccc1. The third-order valence-electron chi connectivity index (χ3n) is 3.52. The van der Waals surface area contributed by atoms with Gasteiger partial charge < -0.3 is 0 Å². The smallest absolute Gasteiger partial charge is 0.149 e. The van der Waals surface area contributed by atoms with Crippen LogP contribution in [0.3, 0.4) is 0 Å². The standard InChI is InChI=1S/C19H23NO/c1-16(2)19(21)15-20(13-17-9-5-3-6-10-17)14-18-11-7-4-8-12-18/h3-12,16H,13-15H2,1-2H3. The molecule has 0 aromatic heterocycles. The Labute approximate surface area is 127 Å². The van der Waals surface area contributed by atoms with Crippen LogP contribution in [0.4, 0.5) is 0 Å². The van der Waals surface area contributed by atoms with Crippen LogP contribution in [0, 0.1) is 5.92 Å². The van der Waals surface area contributed by atoms with E-state index in [1.807, 2.05) is 50.2 Å². The van der Waals surface area contributed by atoms with Crippen molar-refractivity contribution in [3.8, 4) is 0 Å². The van der Waals surface area contributed by atoms with Gasteiger partial charge in [0.05, 0.1) is 6.54 Å². The van der Waals surface area contributed by atoms with E-state index >= 15 is 0 Å². The van der Waals surface area contributed by atoms with Crippen LogP contribution < -0.4 is 0 Å². The lowest BCUT2D eigenvalue weighted by Crippen LogP contribution is -2.31. The zero-order valence-corrected chi connectivity index (χ0v) is 12.8. The fourth-order valence-electron chi connectivity index (χ4n) is 2.25. The molecule has 0 fully saturated rings. The molecule has 110 valence electrons. The first-order valence-electron chi connectivity index (χ1n) is 7.48. The van der Waals surface area contributed by atoms with Gasteiger partial charge in [0.15, 0.2) is 0 Å². The minimum atomic E-state index is 0.0825. The second-order valence-corrected chi connectivity index (χ2v) is 5.74.